The number of aromatic nitrogens is 1. The van der Waals surface area contributed by atoms with Crippen molar-refractivity contribution in [3.05, 3.63) is 18.0 Å². The number of pyridine rings is 1. The van der Waals surface area contributed by atoms with Gasteiger partial charge in [-0.05, 0) is 6.07 Å². The van der Waals surface area contributed by atoms with Crippen LogP contribution in [0, 0.1) is 11.3 Å². The Balaban J connectivity index is 3.23. The molecule has 0 amide bonds. The van der Waals surface area contributed by atoms with E-state index in [-0.39, 0.29) is 11.4 Å². The molecule has 3 nitrogen and oxygen atoms in total. The molecule has 0 saturated carbocycles. The van der Waals surface area contributed by atoms with Crippen LogP contribution in [0.3, 0.4) is 0 Å². The first-order valence-electron chi connectivity index (χ1n) is 2.52. The van der Waals surface area contributed by atoms with Crippen LogP contribution in [0.2, 0.25) is 0 Å². The molecule has 0 atom stereocenters. The Kier molecular flexibility index (Phi) is 1.78. The van der Waals surface area contributed by atoms with Crippen molar-refractivity contribution in [1.29, 1.82) is 5.26 Å². The third-order valence-corrected chi connectivity index (χ3v) is 1.20. The molecule has 0 aliphatic heterocycles. The van der Waals surface area contributed by atoms with Crippen molar-refractivity contribution < 1.29 is 5.11 Å². The summed E-state index contributed by atoms with van der Waals surface area (Å²) in [6.07, 6.45) is 1.40. The number of hydrogen-bond acceptors (Lipinski definition) is 4. The van der Waals surface area contributed by atoms with E-state index in [9.17, 15) is 0 Å². The highest BCUT2D eigenvalue weighted by atomic mass is 32.1. The molecule has 50 valence electrons. The largest absolute Gasteiger partial charge is 0.505 e. The van der Waals surface area contributed by atoms with Crippen molar-refractivity contribution in [3.63, 3.8) is 0 Å². The maximum absolute atomic E-state index is 8.96. The zero-order chi connectivity index (χ0) is 7.56. The monoisotopic (exact) mass is 152 g/mol. The van der Waals surface area contributed by atoms with Crippen LogP contribution in [0.5, 0.6) is 5.75 Å². The van der Waals surface area contributed by atoms with Crippen molar-refractivity contribution in [2.45, 2.75) is 4.90 Å². The van der Waals surface area contributed by atoms with Gasteiger partial charge in [0.05, 0.1) is 0 Å². The molecule has 0 bridgehead atoms. The van der Waals surface area contributed by atoms with Gasteiger partial charge in [-0.15, -0.1) is 12.6 Å². The lowest BCUT2D eigenvalue weighted by Gasteiger charge is -1.93. The Morgan fingerprint density at radius 1 is 1.70 bits per heavy atom. The molecule has 0 aromatic carbocycles. The van der Waals surface area contributed by atoms with Gasteiger partial charge in [0.25, 0.3) is 0 Å². The van der Waals surface area contributed by atoms with Crippen LogP contribution in [-0.4, -0.2) is 10.1 Å². The van der Waals surface area contributed by atoms with Crippen LogP contribution in [-0.2, 0) is 0 Å². The van der Waals surface area contributed by atoms with Crippen LogP contribution in [0.15, 0.2) is 17.2 Å². The number of rotatable bonds is 0. The zero-order valence-electron chi connectivity index (χ0n) is 4.94. The summed E-state index contributed by atoms with van der Waals surface area (Å²) < 4.78 is 0. The Morgan fingerprint density at radius 3 is 2.90 bits per heavy atom. The summed E-state index contributed by atoms with van der Waals surface area (Å²) in [7, 11) is 0. The van der Waals surface area contributed by atoms with Gasteiger partial charge in [-0.2, -0.15) is 5.26 Å². The molecule has 0 fully saturated rings. The van der Waals surface area contributed by atoms with Gasteiger partial charge in [0, 0.05) is 11.1 Å². The van der Waals surface area contributed by atoms with Crippen molar-refractivity contribution in [3.8, 4) is 11.8 Å². The summed E-state index contributed by atoms with van der Waals surface area (Å²) in [6.45, 7) is 0. The lowest BCUT2D eigenvalue weighted by molar-refractivity contribution is 0.469. The van der Waals surface area contributed by atoms with E-state index in [2.05, 4.69) is 17.6 Å². The SMILES string of the molecule is N#Cc1ncc(S)cc1O. The summed E-state index contributed by atoms with van der Waals surface area (Å²) in [6, 6.07) is 3.10. The Hall–Kier alpha value is -1.21. The van der Waals surface area contributed by atoms with Crippen molar-refractivity contribution in [1.82, 2.24) is 4.98 Å². The molecule has 1 heterocycles. The van der Waals surface area contributed by atoms with Crippen LogP contribution in [0.1, 0.15) is 5.69 Å². The van der Waals surface area contributed by atoms with Gasteiger partial charge in [0.1, 0.15) is 6.07 Å². The highest BCUT2D eigenvalue weighted by Crippen LogP contribution is 2.16. The molecule has 0 aliphatic rings. The van der Waals surface area contributed by atoms with Gasteiger partial charge >= 0.3 is 0 Å². The number of nitriles is 1. The molecular formula is C6H4N2OS. The maximum atomic E-state index is 8.96. The smallest absolute Gasteiger partial charge is 0.182 e. The Labute approximate surface area is 63.4 Å². The summed E-state index contributed by atoms with van der Waals surface area (Å²) in [5, 5.41) is 17.3. The summed E-state index contributed by atoms with van der Waals surface area (Å²) >= 11 is 3.91. The molecule has 0 spiro atoms. The van der Waals surface area contributed by atoms with Gasteiger partial charge in [-0.1, -0.05) is 0 Å². The second kappa shape index (κ2) is 2.58. The van der Waals surface area contributed by atoms with Crippen LogP contribution in [0.4, 0.5) is 0 Å². The van der Waals surface area contributed by atoms with Crippen LogP contribution in [0.25, 0.3) is 0 Å². The highest BCUT2D eigenvalue weighted by molar-refractivity contribution is 7.80. The predicted molar refractivity (Wildman–Crippen MR) is 37.9 cm³/mol. The minimum atomic E-state index is -0.130. The molecular weight excluding hydrogens is 148 g/mol. The fraction of sp³-hybridized carbons (Fsp3) is 0. The van der Waals surface area contributed by atoms with Crippen molar-refractivity contribution in [2.24, 2.45) is 0 Å². The van der Waals surface area contributed by atoms with Gasteiger partial charge < -0.3 is 5.11 Å². The molecule has 1 rings (SSSR count). The molecule has 4 heteroatoms. The summed E-state index contributed by atoms with van der Waals surface area (Å²) in [4.78, 5) is 4.15. The number of thiol groups is 1. The minimum Gasteiger partial charge on any atom is -0.505 e. The standard InChI is InChI=1S/C6H4N2OS/c7-2-5-6(9)1-4(10)3-8-5/h1,3,9-10H. The molecule has 0 unspecified atom stereocenters. The van der Waals surface area contributed by atoms with E-state index in [1.807, 2.05) is 0 Å². The topological polar surface area (TPSA) is 56.9 Å². The van der Waals surface area contributed by atoms with Crippen LogP contribution >= 0.6 is 12.6 Å². The molecule has 1 aromatic heterocycles. The maximum Gasteiger partial charge on any atom is 0.182 e. The lowest BCUT2D eigenvalue weighted by Crippen LogP contribution is -1.81. The van der Waals surface area contributed by atoms with E-state index >= 15 is 0 Å². The second-order valence-corrected chi connectivity index (χ2v) is 2.19. The second-order valence-electron chi connectivity index (χ2n) is 1.67. The van der Waals surface area contributed by atoms with Crippen molar-refractivity contribution >= 4 is 12.6 Å². The van der Waals surface area contributed by atoms with Gasteiger partial charge in [0.2, 0.25) is 0 Å². The van der Waals surface area contributed by atoms with E-state index in [0.29, 0.717) is 4.90 Å². The van der Waals surface area contributed by atoms with Gasteiger partial charge in [0.15, 0.2) is 11.4 Å². The van der Waals surface area contributed by atoms with Gasteiger partial charge in [-0.3, -0.25) is 0 Å². The molecule has 1 aromatic rings. The fourth-order valence-corrected chi connectivity index (χ4v) is 0.709. The summed E-state index contributed by atoms with van der Waals surface area (Å²) in [5.41, 5.74) is 0.0257. The van der Waals surface area contributed by atoms with Crippen molar-refractivity contribution in [2.75, 3.05) is 0 Å². The first kappa shape index (κ1) is 6.90. The molecule has 1 N–H and O–H groups in total. The highest BCUT2D eigenvalue weighted by Gasteiger charge is 1.99. The minimum absolute atomic E-state index is 0.0257. The first-order chi connectivity index (χ1) is 4.74. The number of nitrogens with zero attached hydrogens (tertiary/aromatic N) is 2. The lowest BCUT2D eigenvalue weighted by atomic mass is 10.3. The Morgan fingerprint density at radius 2 is 2.40 bits per heavy atom. The zero-order valence-corrected chi connectivity index (χ0v) is 5.84. The van der Waals surface area contributed by atoms with Crippen LogP contribution < -0.4 is 0 Å². The van der Waals surface area contributed by atoms with E-state index < -0.39 is 0 Å². The normalized spacial score (nSPS) is 8.80. The molecule has 10 heavy (non-hydrogen) atoms. The van der Waals surface area contributed by atoms with E-state index in [4.69, 9.17) is 10.4 Å². The molecule has 0 aliphatic carbocycles. The average molecular weight is 152 g/mol. The first-order valence-corrected chi connectivity index (χ1v) is 2.97. The average Bonchev–Trinajstić information content (AvgIpc) is 1.88. The number of aromatic hydroxyl groups is 1. The Bertz CT molecular complexity index is 292. The third-order valence-electron chi connectivity index (χ3n) is 0.959. The fourth-order valence-electron chi connectivity index (χ4n) is 0.529. The van der Waals surface area contributed by atoms with E-state index in [0.717, 1.165) is 0 Å². The van der Waals surface area contributed by atoms with E-state index in [1.54, 1.807) is 6.07 Å². The molecule has 0 radical (unpaired) electrons. The summed E-state index contributed by atoms with van der Waals surface area (Å²) in [5.74, 6) is -0.130. The third kappa shape index (κ3) is 1.20. The molecule has 0 saturated heterocycles. The predicted octanol–water partition coefficient (Wildman–Crippen LogP) is 0.948. The quantitative estimate of drug-likeness (QED) is 0.544. The number of hydrogen-bond donors (Lipinski definition) is 2. The van der Waals surface area contributed by atoms with E-state index in [1.165, 1.54) is 12.3 Å². The van der Waals surface area contributed by atoms with Gasteiger partial charge in [-0.25, -0.2) is 4.98 Å².